The van der Waals surface area contributed by atoms with Gasteiger partial charge in [0.15, 0.2) is 10.2 Å². The molecule has 12 heteroatoms. The molecule has 2 aromatic carbocycles. The lowest BCUT2D eigenvalue weighted by molar-refractivity contribution is 0.251. The van der Waals surface area contributed by atoms with E-state index < -0.39 is 11.5 Å². The first-order chi connectivity index (χ1) is 15.8. The van der Waals surface area contributed by atoms with Gasteiger partial charge in [-0.3, -0.25) is 0 Å². The van der Waals surface area contributed by atoms with Crippen LogP contribution in [0.15, 0.2) is 58.3 Å². The molecule has 0 saturated carbocycles. The molecule has 1 heterocycles. The fourth-order valence-electron chi connectivity index (χ4n) is 3.17. The number of hydrogen-bond acceptors (Lipinski definition) is 4. The summed E-state index contributed by atoms with van der Waals surface area (Å²) in [5.41, 5.74) is 1.48. The topological polar surface area (TPSA) is 30.5 Å². The molecule has 0 aromatic heterocycles. The highest BCUT2D eigenvalue weighted by atomic mass is 32.2. The van der Waals surface area contributed by atoms with Crippen molar-refractivity contribution >= 4 is 69.6 Å². The molecule has 0 amide bonds. The van der Waals surface area contributed by atoms with Crippen molar-refractivity contribution in [3.63, 3.8) is 0 Å². The standard InChI is InChI=1S/C21H22F4N4S4/c22-18(23)32-16-6-2-14(3-7-16)26-20(30)28-10-1-11-29(13-12-28)21(31)27-15-4-8-17(9-5-15)33-19(24)25/h2-9,18-19H,1,10-13H2,(H,26,30)(H,27,31). The van der Waals surface area contributed by atoms with Crippen molar-refractivity contribution < 1.29 is 17.6 Å². The van der Waals surface area contributed by atoms with Gasteiger partial charge >= 0.3 is 0 Å². The van der Waals surface area contributed by atoms with Gasteiger partial charge in [0.1, 0.15) is 0 Å². The summed E-state index contributed by atoms with van der Waals surface area (Å²) in [5.74, 6) is -4.90. The van der Waals surface area contributed by atoms with E-state index in [1.54, 1.807) is 48.5 Å². The zero-order chi connectivity index (χ0) is 23.8. The average molecular weight is 535 g/mol. The van der Waals surface area contributed by atoms with Gasteiger partial charge in [-0.15, -0.1) is 0 Å². The van der Waals surface area contributed by atoms with Crippen LogP contribution in [0.2, 0.25) is 0 Å². The predicted molar refractivity (Wildman–Crippen MR) is 137 cm³/mol. The van der Waals surface area contributed by atoms with E-state index in [0.29, 0.717) is 56.6 Å². The molecule has 0 aliphatic carbocycles. The predicted octanol–water partition coefficient (Wildman–Crippen LogP) is 6.42. The second-order valence-electron chi connectivity index (χ2n) is 6.99. The van der Waals surface area contributed by atoms with Crippen LogP contribution in [0.25, 0.3) is 0 Å². The zero-order valence-electron chi connectivity index (χ0n) is 17.3. The van der Waals surface area contributed by atoms with E-state index in [0.717, 1.165) is 30.9 Å². The maximum absolute atomic E-state index is 12.5. The van der Waals surface area contributed by atoms with E-state index in [1.165, 1.54) is 0 Å². The Morgan fingerprint density at radius 1 is 0.667 bits per heavy atom. The van der Waals surface area contributed by atoms with Crippen LogP contribution in [0.3, 0.4) is 0 Å². The number of thioether (sulfide) groups is 2. The van der Waals surface area contributed by atoms with E-state index in [9.17, 15) is 17.6 Å². The molecule has 1 aliphatic heterocycles. The number of thiocarbonyl (C=S) groups is 2. The summed E-state index contributed by atoms with van der Waals surface area (Å²) in [4.78, 5) is 5.09. The first-order valence-electron chi connectivity index (χ1n) is 10.0. The van der Waals surface area contributed by atoms with Crippen molar-refractivity contribution in [2.75, 3.05) is 36.8 Å². The smallest absolute Gasteiger partial charge is 0.288 e. The Labute approximate surface area is 209 Å². The van der Waals surface area contributed by atoms with Crippen LogP contribution in [0.4, 0.5) is 28.9 Å². The fourth-order valence-corrected chi connectivity index (χ4v) is 4.77. The third-order valence-electron chi connectivity index (χ3n) is 4.73. The Kier molecular flexibility index (Phi) is 9.90. The second kappa shape index (κ2) is 12.6. The maximum Gasteiger partial charge on any atom is 0.288 e. The molecule has 0 radical (unpaired) electrons. The first-order valence-corrected chi connectivity index (χ1v) is 12.6. The van der Waals surface area contributed by atoms with E-state index >= 15 is 0 Å². The van der Waals surface area contributed by atoms with Gasteiger partial charge in [-0.05, 0) is 79.4 Å². The summed E-state index contributed by atoms with van der Waals surface area (Å²) in [6, 6.07) is 13.4. The molecule has 4 nitrogen and oxygen atoms in total. The Hall–Kier alpha value is -1.76. The average Bonchev–Trinajstić information content (AvgIpc) is 3.02. The lowest BCUT2D eigenvalue weighted by atomic mass is 10.3. The van der Waals surface area contributed by atoms with Crippen molar-refractivity contribution in [1.82, 2.24) is 9.80 Å². The van der Waals surface area contributed by atoms with Crippen LogP contribution >= 0.6 is 48.0 Å². The van der Waals surface area contributed by atoms with E-state index in [-0.39, 0.29) is 0 Å². The Morgan fingerprint density at radius 2 is 1.03 bits per heavy atom. The summed E-state index contributed by atoms with van der Waals surface area (Å²) < 4.78 is 49.8. The summed E-state index contributed by atoms with van der Waals surface area (Å²) in [6.07, 6.45) is 0.845. The van der Waals surface area contributed by atoms with Crippen molar-refractivity contribution in [3.8, 4) is 0 Å². The largest absolute Gasteiger partial charge is 0.347 e. The van der Waals surface area contributed by atoms with Crippen molar-refractivity contribution in [2.24, 2.45) is 0 Å². The molecule has 0 spiro atoms. The number of benzene rings is 2. The molecule has 2 aromatic rings. The number of hydrogen-bond donors (Lipinski definition) is 2. The number of halogens is 4. The van der Waals surface area contributed by atoms with Gasteiger partial charge in [-0.2, -0.15) is 17.6 Å². The molecule has 1 saturated heterocycles. The minimum atomic E-state index is -2.45. The molecule has 1 aliphatic rings. The fraction of sp³-hybridized carbons (Fsp3) is 0.333. The molecule has 0 unspecified atom stereocenters. The number of anilines is 2. The van der Waals surface area contributed by atoms with E-state index in [2.05, 4.69) is 20.4 Å². The summed E-state index contributed by atoms with van der Waals surface area (Å²) in [7, 11) is 0. The van der Waals surface area contributed by atoms with Gasteiger partial charge in [0.2, 0.25) is 0 Å². The molecule has 1 fully saturated rings. The number of nitrogens with one attached hydrogen (secondary N) is 2. The number of rotatable bonds is 6. The number of nitrogens with zero attached hydrogens (tertiary/aromatic N) is 2. The summed E-state index contributed by atoms with van der Waals surface area (Å²) >= 11 is 12.1. The minimum Gasteiger partial charge on any atom is -0.347 e. The lowest BCUT2D eigenvalue weighted by Crippen LogP contribution is -2.40. The second-order valence-corrected chi connectivity index (χ2v) is 9.89. The Balaban J connectivity index is 1.49. The van der Waals surface area contributed by atoms with E-state index in [1.807, 2.05) is 0 Å². The Bertz CT molecular complexity index is 853. The van der Waals surface area contributed by atoms with Crippen molar-refractivity contribution in [3.05, 3.63) is 48.5 Å². The van der Waals surface area contributed by atoms with Crippen molar-refractivity contribution in [2.45, 2.75) is 27.7 Å². The van der Waals surface area contributed by atoms with E-state index in [4.69, 9.17) is 24.4 Å². The Morgan fingerprint density at radius 3 is 1.36 bits per heavy atom. The molecule has 178 valence electrons. The molecule has 33 heavy (non-hydrogen) atoms. The van der Waals surface area contributed by atoms with Crippen LogP contribution < -0.4 is 10.6 Å². The van der Waals surface area contributed by atoms with Crippen LogP contribution in [0, 0.1) is 0 Å². The highest BCUT2D eigenvalue weighted by molar-refractivity contribution is 7.99. The minimum absolute atomic E-state index is 0.496. The van der Waals surface area contributed by atoms with Gasteiger partial charge in [-0.1, -0.05) is 23.5 Å². The summed E-state index contributed by atoms with van der Waals surface area (Å²) in [5, 5.41) is 7.46. The molecule has 2 N–H and O–H groups in total. The maximum atomic E-state index is 12.5. The molecule has 3 rings (SSSR count). The highest BCUT2D eigenvalue weighted by Gasteiger charge is 2.19. The zero-order valence-corrected chi connectivity index (χ0v) is 20.6. The normalized spacial score (nSPS) is 14.4. The van der Waals surface area contributed by atoms with Crippen LogP contribution in [0.5, 0.6) is 0 Å². The van der Waals surface area contributed by atoms with Gasteiger partial charge in [-0.25, -0.2) is 0 Å². The molecular formula is C21H22F4N4S4. The van der Waals surface area contributed by atoms with Gasteiger partial charge in [0, 0.05) is 47.3 Å². The van der Waals surface area contributed by atoms with Gasteiger partial charge < -0.3 is 20.4 Å². The third kappa shape index (κ3) is 8.51. The van der Waals surface area contributed by atoms with Gasteiger partial charge in [0.25, 0.3) is 11.5 Å². The first kappa shape index (κ1) is 25.9. The number of alkyl halides is 4. The third-order valence-corrected chi connectivity index (χ3v) is 6.90. The lowest BCUT2D eigenvalue weighted by Gasteiger charge is -2.26. The quantitative estimate of drug-likeness (QED) is 0.250. The monoisotopic (exact) mass is 534 g/mol. The molecule has 0 bridgehead atoms. The van der Waals surface area contributed by atoms with Crippen molar-refractivity contribution in [1.29, 1.82) is 0 Å². The van der Waals surface area contributed by atoms with Gasteiger partial charge in [0.05, 0.1) is 0 Å². The molecule has 0 atom stereocenters. The summed E-state index contributed by atoms with van der Waals surface area (Å²) in [6.45, 7) is 2.83. The highest BCUT2D eigenvalue weighted by Crippen LogP contribution is 2.27. The van der Waals surface area contributed by atoms with Crippen LogP contribution in [-0.2, 0) is 0 Å². The van der Waals surface area contributed by atoms with Crippen LogP contribution in [0.1, 0.15) is 6.42 Å². The van der Waals surface area contributed by atoms with Crippen LogP contribution in [-0.4, -0.2) is 57.7 Å². The molecular weight excluding hydrogens is 513 g/mol. The SMILES string of the molecule is FC(F)Sc1ccc(NC(=S)N2CCCN(C(=S)Nc3ccc(SC(F)F)cc3)CC2)cc1.